The van der Waals surface area contributed by atoms with Gasteiger partial charge in [-0.25, -0.2) is 0 Å². The van der Waals surface area contributed by atoms with E-state index < -0.39 is 0 Å². The highest BCUT2D eigenvalue weighted by atomic mass is 16.5. The minimum Gasteiger partial charge on any atom is -0.369 e. The second-order valence-electron chi connectivity index (χ2n) is 4.65. The lowest BCUT2D eigenvalue weighted by Gasteiger charge is -2.22. The van der Waals surface area contributed by atoms with Crippen molar-refractivity contribution in [3.05, 3.63) is 0 Å². The molecule has 0 aromatic carbocycles. The van der Waals surface area contributed by atoms with Gasteiger partial charge in [-0.2, -0.15) is 0 Å². The average molecular weight is 201 g/mol. The fourth-order valence-corrected chi connectivity index (χ4v) is 0.756. The first kappa shape index (κ1) is 13.4. The average Bonchev–Trinajstić information content (AvgIpc) is 2.11. The molecule has 3 nitrogen and oxygen atoms in total. The molecule has 0 rings (SSSR count). The van der Waals surface area contributed by atoms with Gasteiger partial charge >= 0.3 is 0 Å². The van der Waals surface area contributed by atoms with Gasteiger partial charge in [0.2, 0.25) is 5.91 Å². The van der Waals surface area contributed by atoms with E-state index in [0.717, 1.165) is 6.42 Å². The Labute approximate surface area is 87.2 Å². The molecule has 3 heteroatoms. The summed E-state index contributed by atoms with van der Waals surface area (Å²) in [4.78, 5) is 11.3. The molecule has 0 heterocycles. The third-order valence-corrected chi connectivity index (χ3v) is 2.27. The molecule has 0 radical (unpaired) electrons. The van der Waals surface area contributed by atoms with Crippen molar-refractivity contribution in [2.24, 2.45) is 5.41 Å². The lowest BCUT2D eigenvalue weighted by Crippen LogP contribution is -2.36. The van der Waals surface area contributed by atoms with Gasteiger partial charge < -0.3 is 10.1 Å². The standard InChI is InChI=1S/C11H23NO2/c1-6-11(4,5)8-12-10(13)7-14-9(2)3/h9H,6-8H2,1-5H3,(H,12,13). The van der Waals surface area contributed by atoms with Crippen LogP contribution in [0.15, 0.2) is 0 Å². The van der Waals surface area contributed by atoms with Gasteiger partial charge in [0, 0.05) is 6.54 Å². The fraction of sp³-hybridized carbons (Fsp3) is 0.909. The van der Waals surface area contributed by atoms with Gasteiger partial charge in [0.25, 0.3) is 0 Å². The molecule has 1 N–H and O–H groups in total. The predicted molar refractivity (Wildman–Crippen MR) is 58.2 cm³/mol. The Morgan fingerprint density at radius 2 is 2.00 bits per heavy atom. The molecule has 84 valence electrons. The van der Waals surface area contributed by atoms with Crippen molar-refractivity contribution in [2.75, 3.05) is 13.2 Å². The zero-order valence-corrected chi connectivity index (χ0v) is 10.0. The second kappa shape index (κ2) is 6.02. The van der Waals surface area contributed by atoms with Gasteiger partial charge in [0.1, 0.15) is 6.61 Å². The van der Waals surface area contributed by atoms with Crippen LogP contribution in [0, 0.1) is 5.41 Å². The Hall–Kier alpha value is -0.570. The SMILES string of the molecule is CCC(C)(C)CNC(=O)COC(C)C. The first-order valence-electron chi connectivity index (χ1n) is 5.25. The van der Waals surface area contributed by atoms with E-state index in [2.05, 4.69) is 26.1 Å². The van der Waals surface area contributed by atoms with Crippen LogP contribution >= 0.6 is 0 Å². The highest BCUT2D eigenvalue weighted by molar-refractivity contribution is 5.77. The fourth-order valence-electron chi connectivity index (χ4n) is 0.756. The molecule has 0 aliphatic carbocycles. The number of hydrogen-bond donors (Lipinski definition) is 1. The Morgan fingerprint density at radius 1 is 1.43 bits per heavy atom. The number of amides is 1. The maximum absolute atomic E-state index is 11.3. The number of ether oxygens (including phenoxy) is 1. The van der Waals surface area contributed by atoms with Crippen LogP contribution in [0.1, 0.15) is 41.0 Å². The van der Waals surface area contributed by atoms with E-state index in [4.69, 9.17) is 4.74 Å². The normalized spacial score (nSPS) is 11.9. The monoisotopic (exact) mass is 201 g/mol. The summed E-state index contributed by atoms with van der Waals surface area (Å²) < 4.78 is 5.19. The maximum atomic E-state index is 11.3. The predicted octanol–water partition coefficient (Wildman–Crippen LogP) is 1.96. The molecule has 0 aromatic rings. The van der Waals surface area contributed by atoms with E-state index in [1.54, 1.807) is 0 Å². The molecular formula is C11H23NO2. The van der Waals surface area contributed by atoms with E-state index in [1.165, 1.54) is 0 Å². The van der Waals surface area contributed by atoms with Crippen LogP contribution < -0.4 is 5.32 Å². The van der Waals surface area contributed by atoms with Crippen LogP contribution in [-0.2, 0) is 9.53 Å². The van der Waals surface area contributed by atoms with Gasteiger partial charge in [-0.05, 0) is 25.7 Å². The Bertz CT molecular complexity index is 176. The van der Waals surface area contributed by atoms with Crippen LogP contribution in [0.5, 0.6) is 0 Å². The van der Waals surface area contributed by atoms with Crippen molar-refractivity contribution >= 4 is 5.91 Å². The summed E-state index contributed by atoms with van der Waals surface area (Å²) in [6, 6.07) is 0. The van der Waals surface area contributed by atoms with Gasteiger partial charge in [0.05, 0.1) is 6.10 Å². The maximum Gasteiger partial charge on any atom is 0.246 e. The third kappa shape index (κ3) is 6.89. The first-order chi connectivity index (χ1) is 6.37. The van der Waals surface area contributed by atoms with Crippen molar-refractivity contribution in [1.82, 2.24) is 5.32 Å². The molecule has 0 aliphatic rings. The summed E-state index contributed by atoms with van der Waals surface area (Å²) in [5, 5.41) is 2.87. The molecule has 0 aliphatic heterocycles. The largest absolute Gasteiger partial charge is 0.369 e. The van der Waals surface area contributed by atoms with Gasteiger partial charge in [0.15, 0.2) is 0 Å². The van der Waals surface area contributed by atoms with Crippen LogP contribution in [0.3, 0.4) is 0 Å². The number of hydrogen-bond acceptors (Lipinski definition) is 2. The molecule has 14 heavy (non-hydrogen) atoms. The second-order valence-corrected chi connectivity index (χ2v) is 4.65. The minimum absolute atomic E-state index is 0.0276. The summed E-state index contributed by atoms with van der Waals surface area (Å²) in [6.07, 6.45) is 1.16. The molecule has 1 amide bonds. The van der Waals surface area contributed by atoms with Gasteiger partial charge in [-0.3, -0.25) is 4.79 Å². The van der Waals surface area contributed by atoms with E-state index in [-0.39, 0.29) is 24.0 Å². The molecule has 0 saturated carbocycles. The molecular weight excluding hydrogens is 178 g/mol. The number of carbonyl (C=O) groups excluding carboxylic acids is 1. The van der Waals surface area contributed by atoms with Crippen LogP contribution in [0.2, 0.25) is 0 Å². The topological polar surface area (TPSA) is 38.3 Å². The van der Waals surface area contributed by atoms with Crippen molar-refractivity contribution < 1.29 is 9.53 Å². The van der Waals surface area contributed by atoms with Crippen molar-refractivity contribution in [3.8, 4) is 0 Å². The number of carbonyl (C=O) groups is 1. The smallest absolute Gasteiger partial charge is 0.246 e. The summed E-state index contributed by atoms with van der Waals surface area (Å²) in [6.45, 7) is 11.1. The highest BCUT2D eigenvalue weighted by Gasteiger charge is 2.15. The minimum atomic E-state index is -0.0276. The van der Waals surface area contributed by atoms with E-state index in [0.29, 0.717) is 6.54 Å². The highest BCUT2D eigenvalue weighted by Crippen LogP contribution is 2.17. The van der Waals surface area contributed by atoms with E-state index in [1.807, 2.05) is 13.8 Å². The van der Waals surface area contributed by atoms with E-state index >= 15 is 0 Å². The molecule has 0 unspecified atom stereocenters. The molecule has 0 saturated heterocycles. The molecule has 0 fully saturated rings. The molecule has 0 spiro atoms. The Morgan fingerprint density at radius 3 is 2.43 bits per heavy atom. The Kier molecular flexibility index (Phi) is 5.77. The first-order valence-corrected chi connectivity index (χ1v) is 5.25. The summed E-state index contributed by atoms with van der Waals surface area (Å²) in [5.41, 5.74) is 0.174. The van der Waals surface area contributed by atoms with Crippen LogP contribution in [-0.4, -0.2) is 25.2 Å². The third-order valence-electron chi connectivity index (χ3n) is 2.27. The van der Waals surface area contributed by atoms with Crippen molar-refractivity contribution in [1.29, 1.82) is 0 Å². The van der Waals surface area contributed by atoms with Crippen molar-refractivity contribution in [2.45, 2.75) is 47.1 Å². The summed E-state index contributed by atoms with van der Waals surface area (Å²) >= 11 is 0. The molecule has 0 atom stereocenters. The summed E-state index contributed by atoms with van der Waals surface area (Å²) in [7, 11) is 0. The number of nitrogens with one attached hydrogen (secondary N) is 1. The summed E-state index contributed by atoms with van der Waals surface area (Å²) in [5.74, 6) is -0.0276. The molecule has 0 aromatic heterocycles. The lowest BCUT2D eigenvalue weighted by atomic mass is 9.90. The Balaban J connectivity index is 3.64. The van der Waals surface area contributed by atoms with Gasteiger partial charge in [-0.15, -0.1) is 0 Å². The van der Waals surface area contributed by atoms with E-state index in [9.17, 15) is 4.79 Å². The lowest BCUT2D eigenvalue weighted by molar-refractivity contribution is -0.127. The van der Waals surface area contributed by atoms with Crippen LogP contribution in [0.4, 0.5) is 0 Å². The number of rotatable bonds is 6. The quantitative estimate of drug-likeness (QED) is 0.713. The van der Waals surface area contributed by atoms with Gasteiger partial charge in [-0.1, -0.05) is 20.8 Å². The van der Waals surface area contributed by atoms with Crippen LogP contribution in [0.25, 0.3) is 0 Å². The zero-order valence-electron chi connectivity index (χ0n) is 10.0. The zero-order chi connectivity index (χ0) is 11.2. The van der Waals surface area contributed by atoms with Crippen molar-refractivity contribution in [3.63, 3.8) is 0 Å². The molecule has 0 bridgehead atoms.